The van der Waals surface area contributed by atoms with Crippen LogP contribution in [0.1, 0.15) is 31.4 Å². The average molecular weight is 444 g/mol. The number of esters is 1. The summed E-state index contributed by atoms with van der Waals surface area (Å²) in [5.74, 6) is -0.506. The highest BCUT2D eigenvalue weighted by molar-refractivity contribution is 7.89. The number of rotatable bonds is 8. The Morgan fingerprint density at radius 1 is 1.10 bits per heavy atom. The van der Waals surface area contributed by atoms with E-state index < -0.39 is 28.1 Å². The number of fused-ring (bicyclic) bond motifs is 1. The first-order chi connectivity index (χ1) is 14.8. The van der Waals surface area contributed by atoms with Crippen molar-refractivity contribution in [3.63, 3.8) is 0 Å². The number of carbonyl (C=O) groups excluding carboxylic acids is 1. The predicted octanol–water partition coefficient (Wildman–Crippen LogP) is 3.88. The van der Waals surface area contributed by atoms with Gasteiger partial charge in [0.25, 0.3) is 0 Å². The monoisotopic (exact) mass is 443 g/mol. The van der Waals surface area contributed by atoms with E-state index in [1.807, 2.05) is 44.2 Å². The first kappa shape index (κ1) is 23.2. The van der Waals surface area contributed by atoms with Gasteiger partial charge in [0.05, 0.1) is 31.3 Å². The molecule has 0 N–H and O–H groups in total. The minimum atomic E-state index is -3.97. The molecular weight excluding hydrogens is 414 g/mol. The standard InChI is InChI=1S/C24H29NO5S/c1-17(2)14-21(24(26)29-4)25-22(16-30-15-19-10-6-5-7-11-19)18(3)20-12-8-9-13-23(20)31(25,27)28/h5-13,17,21-22H,3,14-16H2,1-2,4H3/t21-,22-/m0/s1. The maximum Gasteiger partial charge on any atom is 0.324 e. The van der Waals surface area contributed by atoms with Crippen LogP contribution in [-0.2, 0) is 30.9 Å². The number of carbonyl (C=O) groups is 1. The van der Waals surface area contributed by atoms with Gasteiger partial charge in [-0.1, -0.05) is 69.0 Å². The lowest BCUT2D eigenvalue weighted by Crippen LogP contribution is -2.55. The second kappa shape index (κ2) is 9.77. The number of sulfonamides is 1. The number of ether oxygens (including phenoxy) is 2. The van der Waals surface area contributed by atoms with Crippen molar-refractivity contribution in [2.24, 2.45) is 5.92 Å². The Morgan fingerprint density at radius 3 is 2.39 bits per heavy atom. The Hall–Kier alpha value is -2.48. The largest absolute Gasteiger partial charge is 0.468 e. The molecule has 1 heterocycles. The second-order valence-corrected chi connectivity index (χ2v) is 9.85. The SMILES string of the molecule is C=C1c2ccccc2S(=O)(=O)N([C@@H](CC(C)C)C(=O)OC)[C@H]1COCc1ccccc1. The van der Waals surface area contributed by atoms with E-state index in [0.717, 1.165) is 5.56 Å². The number of hydrogen-bond acceptors (Lipinski definition) is 5. The van der Waals surface area contributed by atoms with Crippen LogP contribution in [0.15, 0.2) is 66.1 Å². The number of benzene rings is 2. The lowest BCUT2D eigenvalue weighted by atomic mass is 9.97. The fourth-order valence-corrected chi connectivity index (χ4v) is 5.86. The topological polar surface area (TPSA) is 72.9 Å². The van der Waals surface area contributed by atoms with Crippen LogP contribution in [-0.4, -0.2) is 44.5 Å². The molecule has 31 heavy (non-hydrogen) atoms. The molecule has 3 rings (SSSR count). The Morgan fingerprint density at radius 2 is 1.74 bits per heavy atom. The van der Waals surface area contributed by atoms with Crippen LogP contribution in [0.5, 0.6) is 0 Å². The van der Waals surface area contributed by atoms with E-state index in [2.05, 4.69) is 6.58 Å². The van der Waals surface area contributed by atoms with Crippen LogP contribution in [0.3, 0.4) is 0 Å². The molecule has 0 aromatic heterocycles. The van der Waals surface area contributed by atoms with Crippen molar-refractivity contribution < 1.29 is 22.7 Å². The lowest BCUT2D eigenvalue weighted by molar-refractivity contribution is -0.146. The molecule has 0 radical (unpaired) electrons. The fourth-order valence-electron chi connectivity index (χ4n) is 3.88. The van der Waals surface area contributed by atoms with Crippen LogP contribution in [0.25, 0.3) is 5.57 Å². The third-order valence-electron chi connectivity index (χ3n) is 5.36. The summed E-state index contributed by atoms with van der Waals surface area (Å²) in [6, 6.07) is 14.7. The van der Waals surface area contributed by atoms with E-state index in [9.17, 15) is 13.2 Å². The second-order valence-electron chi connectivity index (χ2n) is 8.04. The Labute approximate surface area is 184 Å². The summed E-state index contributed by atoms with van der Waals surface area (Å²) in [4.78, 5) is 12.8. The Kier molecular flexibility index (Phi) is 7.30. The molecule has 2 aromatic carbocycles. The summed E-state index contributed by atoms with van der Waals surface area (Å²) in [5, 5.41) is 0. The molecule has 0 fully saturated rings. The van der Waals surface area contributed by atoms with Crippen molar-refractivity contribution in [2.45, 2.75) is 43.9 Å². The third kappa shape index (κ3) is 4.89. The van der Waals surface area contributed by atoms with Gasteiger partial charge in [-0.05, 0) is 35.1 Å². The van der Waals surface area contributed by atoms with Crippen molar-refractivity contribution >= 4 is 21.6 Å². The van der Waals surface area contributed by atoms with Gasteiger partial charge in [-0.15, -0.1) is 0 Å². The van der Waals surface area contributed by atoms with Gasteiger partial charge in [0.15, 0.2) is 0 Å². The highest BCUT2D eigenvalue weighted by Gasteiger charge is 2.47. The molecule has 0 amide bonds. The maximum atomic E-state index is 13.7. The molecule has 0 aliphatic carbocycles. The van der Waals surface area contributed by atoms with E-state index in [-0.39, 0.29) is 17.4 Å². The third-order valence-corrected chi connectivity index (χ3v) is 7.34. The van der Waals surface area contributed by atoms with Gasteiger partial charge in [-0.25, -0.2) is 8.42 Å². The van der Waals surface area contributed by atoms with Crippen LogP contribution >= 0.6 is 0 Å². The van der Waals surface area contributed by atoms with Crippen LogP contribution in [0, 0.1) is 5.92 Å². The molecule has 1 aliphatic rings. The predicted molar refractivity (Wildman–Crippen MR) is 120 cm³/mol. The van der Waals surface area contributed by atoms with Crippen molar-refractivity contribution in [2.75, 3.05) is 13.7 Å². The summed E-state index contributed by atoms with van der Waals surface area (Å²) < 4.78 is 39.5. The summed E-state index contributed by atoms with van der Waals surface area (Å²) >= 11 is 0. The molecular formula is C24H29NO5S. The van der Waals surface area contributed by atoms with Gasteiger partial charge in [0.2, 0.25) is 10.0 Å². The van der Waals surface area contributed by atoms with Gasteiger partial charge >= 0.3 is 5.97 Å². The summed E-state index contributed by atoms with van der Waals surface area (Å²) in [6.07, 6.45) is 0.330. The Balaban J connectivity index is 2.01. The minimum absolute atomic E-state index is 0.0763. The molecule has 0 saturated carbocycles. The first-order valence-electron chi connectivity index (χ1n) is 10.3. The molecule has 0 unspecified atom stereocenters. The van der Waals surface area contributed by atoms with Gasteiger partial charge < -0.3 is 9.47 Å². The van der Waals surface area contributed by atoms with Crippen LogP contribution < -0.4 is 0 Å². The minimum Gasteiger partial charge on any atom is -0.468 e. The van der Waals surface area contributed by atoms with Gasteiger partial charge in [0.1, 0.15) is 6.04 Å². The van der Waals surface area contributed by atoms with Crippen LogP contribution in [0.2, 0.25) is 0 Å². The van der Waals surface area contributed by atoms with E-state index in [1.165, 1.54) is 11.4 Å². The lowest BCUT2D eigenvalue weighted by Gasteiger charge is -2.41. The van der Waals surface area contributed by atoms with Gasteiger partial charge in [-0.3, -0.25) is 4.79 Å². The van der Waals surface area contributed by atoms with E-state index in [4.69, 9.17) is 9.47 Å². The van der Waals surface area contributed by atoms with E-state index in [0.29, 0.717) is 24.2 Å². The number of methoxy groups -OCH3 is 1. The molecule has 2 atom stereocenters. The Bertz CT molecular complexity index is 1030. The molecule has 7 heteroatoms. The van der Waals surface area contributed by atoms with Crippen molar-refractivity contribution in [1.82, 2.24) is 4.31 Å². The van der Waals surface area contributed by atoms with Crippen molar-refractivity contribution in [3.8, 4) is 0 Å². The number of nitrogens with zero attached hydrogens (tertiary/aromatic N) is 1. The first-order valence-corrected chi connectivity index (χ1v) is 11.7. The van der Waals surface area contributed by atoms with Crippen molar-refractivity contribution in [1.29, 1.82) is 0 Å². The van der Waals surface area contributed by atoms with Crippen molar-refractivity contribution in [3.05, 3.63) is 72.3 Å². The molecule has 1 aliphatic heterocycles. The van der Waals surface area contributed by atoms with Gasteiger partial charge in [-0.2, -0.15) is 4.31 Å². The highest BCUT2D eigenvalue weighted by Crippen LogP contribution is 2.39. The normalized spacial score (nSPS) is 19.1. The van der Waals surface area contributed by atoms with Crippen LogP contribution in [0.4, 0.5) is 0 Å². The highest BCUT2D eigenvalue weighted by atomic mass is 32.2. The zero-order valence-corrected chi connectivity index (χ0v) is 19.0. The molecule has 0 saturated heterocycles. The summed E-state index contributed by atoms with van der Waals surface area (Å²) in [6.45, 7) is 8.47. The van der Waals surface area contributed by atoms with E-state index >= 15 is 0 Å². The molecule has 0 bridgehead atoms. The summed E-state index contributed by atoms with van der Waals surface area (Å²) in [5.41, 5.74) is 2.14. The summed E-state index contributed by atoms with van der Waals surface area (Å²) in [7, 11) is -2.69. The fraction of sp³-hybridized carbons (Fsp3) is 0.375. The molecule has 6 nitrogen and oxygen atoms in total. The molecule has 2 aromatic rings. The van der Waals surface area contributed by atoms with Gasteiger partial charge in [0, 0.05) is 0 Å². The quantitative estimate of drug-likeness (QED) is 0.579. The maximum absolute atomic E-state index is 13.7. The number of hydrogen-bond donors (Lipinski definition) is 0. The zero-order chi connectivity index (χ0) is 22.6. The zero-order valence-electron chi connectivity index (χ0n) is 18.2. The smallest absolute Gasteiger partial charge is 0.324 e. The average Bonchev–Trinajstić information content (AvgIpc) is 2.76. The molecule has 166 valence electrons. The van der Waals surface area contributed by atoms with E-state index in [1.54, 1.807) is 24.3 Å². The molecule has 0 spiro atoms.